The largest absolute Gasteiger partial charge is 0.465 e. The monoisotopic (exact) mass is 423 g/mol. The van der Waals surface area contributed by atoms with Crippen LogP contribution in [0.2, 0.25) is 0 Å². The van der Waals surface area contributed by atoms with E-state index in [1.165, 1.54) is 36.8 Å². The van der Waals surface area contributed by atoms with Gasteiger partial charge in [-0.15, -0.1) is 0 Å². The van der Waals surface area contributed by atoms with Gasteiger partial charge in [0.15, 0.2) is 12.4 Å². The molecule has 0 atom stereocenters. The van der Waals surface area contributed by atoms with E-state index in [1.54, 1.807) is 12.1 Å². The molecule has 0 radical (unpaired) electrons. The lowest BCUT2D eigenvalue weighted by Gasteiger charge is -2.16. The first-order chi connectivity index (χ1) is 15.0. The van der Waals surface area contributed by atoms with E-state index in [9.17, 15) is 19.2 Å². The van der Waals surface area contributed by atoms with Crippen LogP contribution in [-0.2, 0) is 31.9 Å². The Balaban J connectivity index is 1.41. The minimum absolute atomic E-state index is 0.0359. The Kier molecular flexibility index (Phi) is 7.54. The molecular weight excluding hydrogens is 398 g/mol. The van der Waals surface area contributed by atoms with Crippen molar-refractivity contribution in [1.29, 1.82) is 0 Å². The molecule has 0 saturated carbocycles. The second kappa shape index (κ2) is 10.5. The molecular formula is C24H25NO6. The summed E-state index contributed by atoms with van der Waals surface area (Å²) in [6.45, 7) is -0.454. The Bertz CT molecular complexity index is 980. The average Bonchev–Trinajstić information content (AvgIpc) is 2.80. The van der Waals surface area contributed by atoms with Gasteiger partial charge in [-0.2, -0.15) is 0 Å². The summed E-state index contributed by atoms with van der Waals surface area (Å²) in [6, 6.07) is 11.9. The third-order valence-electron chi connectivity index (χ3n) is 5.18. The average molecular weight is 423 g/mol. The van der Waals surface area contributed by atoms with Crippen LogP contribution < -0.4 is 5.32 Å². The SMILES string of the molecule is COC(=O)c1ccc(NC(=O)COC(=O)CCC(=O)c2ccc3c(c2)CCCC3)cc1. The molecule has 0 aliphatic heterocycles. The van der Waals surface area contributed by atoms with Crippen LogP contribution in [0, 0.1) is 0 Å². The minimum atomic E-state index is -0.609. The van der Waals surface area contributed by atoms with Crippen molar-refractivity contribution in [3.8, 4) is 0 Å². The van der Waals surface area contributed by atoms with Gasteiger partial charge in [0, 0.05) is 17.7 Å². The number of benzene rings is 2. The number of hydrogen-bond donors (Lipinski definition) is 1. The van der Waals surface area contributed by atoms with Crippen molar-refractivity contribution in [1.82, 2.24) is 0 Å². The first-order valence-electron chi connectivity index (χ1n) is 10.2. The molecule has 0 bridgehead atoms. The van der Waals surface area contributed by atoms with Crippen LogP contribution in [0.25, 0.3) is 0 Å². The predicted molar refractivity (Wildman–Crippen MR) is 114 cm³/mol. The highest BCUT2D eigenvalue weighted by atomic mass is 16.5. The van der Waals surface area contributed by atoms with Gasteiger partial charge in [-0.25, -0.2) is 4.79 Å². The second-order valence-electron chi connectivity index (χ2n) is 7.39. The molecule has 7 nitrogen and oxygen atoms in total. The zero-order valence-corrected chi connectivity index (χ0v) is 17.4. The maximum absolute atomic E-state index is 12.4. The van der Waals surface area contributed by atoms with E-state index in [-0.39, 0.29) is 18.6 Å². The fourth-order valence-corrected chi connectivity index (χ4v) is 3.49. The highest BCUT2D eigenvalue weighted by Gasteiger charge is 2.15. The van der Waals surface area contributed by atoms with Crippen LogP contribution >= 0.6 is 0 Å². The van der Waals surface area contributed by atoms with E-state index in [1.807, 2.05) is 18.2 Å². The summed E-state index contributed by atoms with van der Waals surface area (Å²) in [6.07, 6.45) is 4.30. The molecule has 0 heterocycles. The standard InChI is InChI=1S/C24H25NO6/c1-30-24(29)17-8-10-20(11-9-17)25-22(27)15-31-23(28)13-12-21(26)19-7-6-16-4-2-3-5-18(16)14-19/h6-11,14H,2-5,12-13,15H2,1H3,(H,25,27). The molecule has 1 aliphatic rings. The summed E-state index contributed by atoms with van der Waals surface area (Å²) in [5.41, 5.74) is 3.94. The molecule has 0 unspecified atom stereocenters. The smallest absolute Gasteiger partial charge is 0.337 e. The molecule has 0 spiro atoms. The van der Waals surface area contributed by atoms with Crippen molar-refractivity contribution in [3.05, 3.63) is 64.7 Å². The van der Waals surface area contributed by atoms with Gasteiger partial charge in [0.1, 0.15) is 0 Å². The fourth-order valence-electron chi connectivity index (χ4n) is 3.49. The van der Waals surface area contributed by atoms with Crippen molar-refractivity contribution >= 4 is 29.3 Å². The summed E-state index contributed by atoms with van der Waals surface area (Å²) in [7, 11) is 1.28. The maximum Gasteiger partial charge on any atom is 0.337 e. The number of aryl methyl sites for hydroxylation is 2. The predicted octanol–water partition coefficient (Wildman–Crippen LogP) is 3.50. The molecule has 3 rings (SSSR count). The van der Waals surface area contributed by atoms with Crippen LogP contribution in [0.1, 0.15) is 57.5 Å². The number of ether oxygens (including phenoxy) is 2. The van der Waals surface area contributed by atoms with Crippen molar-refractivity contribution in [3.63, 3.8) is 0 Å². The number of carbonyl (C=O) groups is 4. The normalized spacial score (nSPS) is 12.4. The second-order valence-corrected chi connectivity index (χ2v) is 7.39. The van der Waals surface area contributed by atoms with Gasteiger partial charge in [0.2, 0.25) is 0 Å². The van der Waals surface area contributed by atoms with E-state index in [0.29, 0.717) is 16.8 Å². The lowest BCUT2D eigenvalue weighted by molar-refractivity contribution is -0.147. The summed E-state index contributed by atoms with van der Waals surface area (Å²) in [5.74, 6) is -1.71. The molecule has 31 heavy (non-hydrogen) atoms. The number of Topliss-reactive ketones (excluding diaryl/α,β-unsaturated/α-hetero) is 1. The van der Waals surface area contributed by atoms with Gasteiger partial charge in [-0.1, -0.05) is 12.1 Å². The topological polar surface area (TPSA) is 98.8 Å². The van der Waals surface area contributed by atoms with Crippen molar-refractivity contribution in [2.24, 2.45) is 0 Å². The number of rotatable bonds is 8. The summed E-state index contributed by atoms with van der Waals surface area (Å²) < 4.78 is 9.56. The molecule has 0 saturated heterocycles. The summed E-state index contributed by atoms with van der Waals surface area (Å²) in [5, 5.41) is 2.57. The maximum atomic E-state index is 12.4. The summed E-state index contributed by atoms with van der Waals surface area (Å²) in [4.78, 5) is 47.6. The molecule has 1 aliphatic carbocycles. The Morgan fingerprint density at radius 1 is 0.871 bits per heavy atom. The molecule has 1 amide bonds. The first kappa shape index (κ1) is 22.2. The highest BCUT2D eigenvalue weighted by molar-refractivity contribution is 5.98. The molecule has 7 heteroatoms. The Labute approximate surface area is 180 Å². The van der Waals surface area contributed by atoms with Gasteiger partial charge >= 0.3 is 11.9 Å². The van der Waals surface area contributed by atoms with Gasteiger partial charge in [0.05, 0.1) is 19.1 Å². The third-order valence-corrected chi connectivity index (χ3v) is 5.18. The van der Waals surface area contributed by atoms with E-state index in [4.69, 9.17) is 4.74 Å². The number of hydrogen-bond acceptors (Lipinski definition) is 6. The highest BCUT2D eigenvalue weighted by Crippen LogP contribution is 2.23. The first-order valence-corrected chi connectivity index (χ1v) is 10.2. The van der Waals surface area contributed by atoms with Crippen LogP contribution in [-0.4, -0.2) is 37.3 Å². The molecule has 2 aromatic rings. The molecule has 2 aromatic carbocycles. The number of carbonyl (C=O) groups excluding carboxylic acids is 4. The molecule has 0 fully saturated rings. The van der Waals surface area contributed by atoms with E-state index < -0.39 is 24.5 Å². The molecule has 1 N–H and O–H groups in total. The van der Waals surface area contributed by atoms with Gasteiger partial charge in [0.25, 0.3) is 5.91 Å². The Morgan fingerprint density at radius 2 is 1.55 bits per heavy atom. The Hall–Kier alpha value is -3.48. The van der Waals surface area contributed by atoms with E-state index in [0.717, 1.165) is 19.3 Å². The Morgan fingerprint density at radius 3 is 2.26 bits per heavy atom. The summed E-state index contributed by atoms with van der Waals surface area (Å²) >= 11 is 0. The van der Waals surface area contributed by atoms with Crippen LogP contribution in [0.4, 0.5) is 5.69 Å². The zero-order chi connectivity index (χ0) is 22.2. The van der Waals surface area contributed by atoms with E-state index in [2.05, 4.69) is 10.1 Å². The van der Waals surface area contributed by atoms with Crippen LogP contribution in [0.15, 0.2) is 42.5 Å². The number of nitrogens with one attached hydrogen (secondary N) is 1. The van der Waals surface area contributed by atoms with Crippen LogP contribution in [0.3, 0.4) is 0 Å². The number of methoxy groups -OCH3 is 1. The van der Waals surface area contributed by atoms with Gasteiger partial charge in [-0.3, -0.25) is 14.4 Å². The zero-order valence-electron chi connectivity index (χ0n) is 17.4. The number of esters is 2. The van der Waals surface area contributed by atoms with Crippen molar-refractivity contribution in [2.45, 2.75) is 38.5 Å². The van der Waals surface area contributed by atoms with E-state index >= 15 is 0 Å². The number of fused-ring (bicyclic) bond motifs is 1. The quantitative estimate of drug-likeness (QED) is 0.515. The minimum Gasteiger partial charge on any atom is -0.465 e. The lowest BCUT2D eigenvalue weighted by atomic mass is 9.89. The fraction of sp³-hybridized carbons (Fsp3) is 0.333. The van der Waals surface area contributed by atoms with Gasteiger partial charge < -0.3 is 14.8 Å². The van der Waals surface area contributed by atoms with Crippen molar-refractivity contribution < 1.29 is 28.7 Å². The van der Waals surface area contributed by atoms with Gasteiger partial charge in [-0.05, 0) is 67.1 Å². The number of amides is 1. The van der Waals surface area contributed by atoms with Crippen LogP contribution in [0.5, 0.6) is 0 Å². The third kappa shape index (κ3) is 6.25. The number of anilines is 1. The molecule has 0 aromatic heterocycles. The lowest BCUT2D eigenvalue weighted by Crippen LogP contribution is -2.21. The van der Waals surface area contributed by atoms with Crippen molar-refractivity contribution in [2.75, 3.05) is 19.0 Å². The molecule has 162 valence electrons. The number of ketones is 1.